The van der Waals surface area contributed by atoms with Gasteiger partial charge in [0.15, 0.2) is 0 Å². The molecule has 1 heterocycles. The molecule has 2 rings (SSSR count). The Morgan fingerprint density at radius 3 is 2.77 bits per heavy atom. The zero-order valence-electron chi connectivity index (χ0n) is 12.4. The molecule has 0 atom stereocenters. The lowest BCUT2D eigenvalue weighted by molar-refractivity contribution is 0.0955. The largest absolute Gasteiger partial charge is 0.497 e. The number of rotatable bonds is 6. The molecule has 1 aromatic rings. The van der Waals surface area contributed by atoms with Crippen molar-refractivity contribution in [1.82, 2.24) is 9.62 Å². The van der Waals surface area contributed by atoms with Crippen LogP contribution in [0.1, 0.15) is 10.4 Å². The first kappa shape index (κ1) is 17.1. The SMILES string of the molecule is COc1cccc(C(=O)NCCS(=O)(=O)N2CCSCC2)c1. The van der Waals surface area contributed by atoms with Gasteiger partial charge in [-0.3, -0.25) is 4.79 Å². The van der Waals surface area contributed by atoms with E-state index in [-0.39, 0.29) is 18.2 Å². The second kappa shape index (κ2) is 7.85. The first-order valence-electron chi connectivity index (χ1n) is 7.01. The number of amides is 1. The summed E-state index contributed by atoms with van der Waals surface area (Å²) in [6.45, 7) is 1.20. The minimum absolute atomic E-state index is 0.0760. The fourth-order valence-electron chi connectivity index (χ4n) is 2.11. The summed E-state index contributed by atoms with van der Waals surface area (Å²) in [4.78, 5) is 12.0. The number of hydrogen-bond acceptors (Lipinski definition) is 5. The van der Waals surface area contributed by atoms with Gasteiger partial charge in [-0.1, -0.05) is 6.07 Å². The van der Waals surface area contributed by atoms with Gasteiger partial charge in [0.1, 0.15) is 5.75 Å². The molecule has 1 aliphatic heterocycles. The molecular formula is C14H20N2O4S2. The summed E-state index contributed by atoms with van der Waals surface area (Å²) in [5.41, 5.74) is 0.450. The summed E-state index contributed by atoms with van der Waals surface area (Å²) in [5, 5.41) is 2.64. The molecule has 1 aromatic carbocycles. The third-order valence-electron chi connectivity index (χ3n) is 3.34. The second-order valence-corrected chi connectivity index (χ2v) is 8.13. The highest BCUT2D eigenvalue weighted by molar-refractivity contribution is 7.99. The van der Waals surface area contributed by atoms with Crippen LogP contribution in [-0.2, 0) is 10.0 Å². The van der Waals surface area contributed by atoms with E-state index in [1.165, 1.54) is 11.4 Å². The van der Waals surface area contributed by atoms with Gasteiger partial charge in [-0.25, -0.2) is 12.7 Å². The highest BCUT2D eigenvalue weighted by Gasteiger charge is 2.23. The zero-order valence-corrected chi connectivity index (χ0v) is 14.1. The van der Waals surface area contributed by atoms with Crippen LogP contribution < -0.4 is 10.1 Å². The molecule has 0 radical (unpaired) electrons. The highest BCUT2D eigenvalue weighted by atomic mass is 32.2. The Labute approximate surface area is 135 Å². The summed E-state index contributed by atoms with van der Waals surface area (Å²) in [6, 6.07) is 6.74. The topological polar surface area (TPSA) is 75.7 Å². The van der Waals surface area contributed by atoms with E-state index < -0.39 is 10.0 Å². The summed E-state index contributed by atoms with van der Waals surface area (Å²) >= 11 is 1.76. The predicted octanol–water partition coefficient (Wildman–Crippen LogP) is 0.804. The van der Waals surface area contributed by atoms with Gasteiger partial charge in [0.25, 0.3) is 5.91 Å². The van der Waals surface area contributed by atoms with E-state index in [9.17, 15) is 13.2 Å². The van der Waals surface area contributed by atoms with Gasteiger partial charge in [-0.15, -0.1) is 0 Å². The smallest absolute Gasteiger partial charge is 0.251 e. The maximum Gasteiger partial charge on any atom is 0.251 e. The summed E-state index contributed by atoms with van der Waals surface area (Å²) in [7, 11) is -1.77. The standard InChI is InChI=1S/C14H20N2O4S2/c1-20-13-4-2-3-12(11-13)14(17)15-5-10-22(18,19)16-6-8-21-9-7-16/h2-4,11H,5-10H2,1H3,(H,15,17). The molecule has 1 N–H and O–H groups in total. The molecule has 1 aliphatic rings. The van der Waals surface area contributed by atoms with Gasteiger partial charge in [0.2, 0.25) is 10.0 Å². The molecule has 0 unspecified atom stereocenters. The third-order valence-corrected chi connectivity index (χ3v) is 6.16. The first-order chi connectivity index (χ1) is 10.5. The van der Waals surface area contributed by atoms with Crippen LogP contribution in [0.15, 0.2) is 24.3 Å². The van der Waals surface area contributed by atoms with Crippen molar-refractivity contribution >= 4 is 27.7 Å². The summed E-state index contributed by atoms with van der Waals surface area (Å²) in [5.74, 6) is 1.87. The molecule has 1 saturated heterocycles. The van der Waals surface area contributed by atoms with E-state index in [2.05, 4.69) is 5.32 Å². The molecule has 6 nitrogen and oxygen atoms in total. The molecule has 0 spiro atoms. The molecule has 0 aromatic heterocycles. The normalized spacial score (nSPS) is 16.2. The highest BCUT2D eigenvalue weighted by Crippen LogP contribution is 2.14. The van der Waals surface area contributed by atoms with Crippen molar-refractivity contribution in [2.24, 2.45) is 0 Å². The second-order valence-electron chi connectivity index (χ2n) is 4.82. The zero-order chi connectivity index (χ0) is 16.0. The van der Waals surface area contributed by atoms with Gasteiger partial charge in [0, 0.05) is 36.7 Å². The molecule has 0 bridgehead atoms. The minimum atomic E-state index is -3.29. The van der Waals surface area contributed by atoms with Crippen LogP contribution in [-0.4, -0.2) is 62.6 Å². The predicted molar refractivity (Wildman–Crippen MR) is 88.0 cm³/mol. The number of nitrogens with one attached hydrogen (secondary N) is 1. The van der Waals surface area contributed by atoms with Crippen LogP contribution in [0.25, 0.3) is 0 Å². The van der Waals surface area contributed by atoms with Crippen LogP contribution in [0.2, 0.25) is 0 Å². The molecule has 8 heteroatoms. The third kappa shape index (κ3) is 4.62. The van der Waals surface area contributed by atoms with Crippen molar-refractivity contribution in [3.63, 3.8) is 0 Å². The molecule has 0 saturated carbocycles. The van der Waals surface area contributed by atoms with Crippen molar-refractivity contribution in [2.45, 2.75) is 0 Å². The number of nitrogens with zero attached hydrogens (tertiary/aromatic N) is 1. The lowest BCUT2D eigenvalue weighted by atomic mass is 10.2. The number of ether oxygens (including phenoxy) is 1. The monoisotopic (exact) mass is 344 g/mol. The van der Waals surface area contributed by atoms with Crippen molar-refractivity contribution < 1.29 is 17.9 Å². The van der Waals surface area contributed by atoms with Crippen LogP contribution in [0.5, 0.6) is 5.75 Å². The summed E-state index contributed by atoms with van der Waals surface area (Å²) in [6.07, 6.45) is 0. The number of carbonyl (C=O) groups is 1. The number of methoxy groups -OCH3 is 1. The van der Waals surface area contributed by atoms with Crippen LogP contribution in [0.4, 0.5) is 0 Å². The molecular weight excluding hydrogens is 324 g/mol. The number of benzene rings is 1. The molecule has 122 valence electrons. The number of carbonyl (C=O) groups excluding carboxylic acids is 1. The van der Waals surface area contributed by atoms with Crippen LogP contribution >= 0.6 is 11.8 Å². The maximum atomic E-state index is 12.1. The Bertz CT molecular complexity index is 613. The number of sulfonamides is 1. The van der Waals surface area contributed by atoms with Gasteiger partial charge in [-0.05, 0) is 18.2 Å². The van der Waals surface area contributed by atoms with Crippen LogP contribution in [0.3, 0.4) is 0 Å². The average molecular weight is 344 g/mol. The Hall–Kier alpha value is -1.25. The van der Waals surface area contributed by atoms with Crippen molar-refractivity contribution in [2.75, 3.05) is 44.0 Å². The lowest BCUT2D eigenvalue weighted by Gasteiger charge is -2.25. The Balaban J connectivity index is 1.85. The van der Waals surface area contributed by atoms with Crippen LogP contribution in [0, 0.1) is 0 Å². The maximum absolute atomic E-state index is 12.1. The molecule has 1 fully saturated rings. The fourth-order valence-corrected chi connectivity index (χ4v) is 4.61. The fraction of sp³-hybridized carbons (Fsp3) is 0.500. The van der Waals surface area contributed by atoms with E-state index in [4.69, 9.17) is 4.74 Å². The Morgan fingerprint density at radius 2 is 2.09 bits per heavy atom. The van der Waals surface area contributed by atoms with E-state index in [1.807, 2.05) is 0 Å². The van der Waals surface area contributed by atoms with Crippen molar-refractivity contribution in [3.05, 3.63) is 29.8 Å². The Kier molecular flexibility index (Phi) is 6.10. The van der Waals surface area contributed by atoms with E-state index >= 15 is 0 Å². The van der Waals surface area contributed by atoms with Gasteiger partial charge < -0.3 is 10.1 Å². The number of hydrogen-bond donors (Lipinski definition) is 1. The molecule has 1 amide bonds. The quantitative estimate of drug-likeness (QED) is 0.826. The molecule has 0 aliphatic carbocycles. The average Bonchev–Trinajstić information content (AvgIpc) is 2.55. The van der Waals surface area contributed by atoms with Crippen molar-refractivity contribution in [3.8, 4) is 5.75 Å². The first-order valence-corrected chi connectivity index (χ1v) is 9.77. The number of thioether (sulfide) groups is 1. The minimum Gasteiger partial charge on any atom is -0.497 e. The van der Waals surface area contributed by atoms with Gasteiger partial charge >= 0.3 is 0 Å². The van der Waals surface area contributed by atoms with Crippen molar-refractivity contribution in [1.29, 1.82) is 0 Å². The van der Waals surface area contributed by atoms with E-state index in [0.717, 1.165) is 11.5 Å². The van der Waals surface area contributed by atoms with Gasteiger partial charge in [-0.2, -0.15) is 11.8 Å². The lowest BCUT2D eigenvalue weighted by Crippen LogP contribution is -2.41. The van der Waals surface area contributed by atoms with E-state index in [1.54, 1.807) is 36.0 Å². The molecule has 22 heavy (non-hydrogen) atoms. The van der Waals surface area contributed by atoms with Gasteiger partial charge in [0.05, 0.1) is 12.9 Å². The summed E-state index contributed by atoms with van der Waals surface area (Å²) < 4.78 is 30.9. The Morgan fingerprint density at radius 1 is 1.36 bits per heavy atom. The van der Waals surface area contributed by atoms with E-state index in [0.29, 0.717) is 24.4 Å².